The molecule has 0 aliphatic rings. The Morgan fingerprint density at radius 3 is 1.74 bits per heavy atom. The van der Waals surface area contributed by atoms with Crippen molar-refractivity contribution in [3.8, 4) is 11.5 Å². The highest BCUT2D eigenvalue weighted by molar-refractivity contribution is 5.75. The molecule has 1 aromatic carbocycles. The number of ether oxygens (including phenoxy) is 2. The minimum absolute atomic E-state index is 0.177. The van der Waals surface area contributed by atoms with Gasteiger partial charge in [-0.25, -0.2) is 0 Å². The van der Waals surface area contributed by atoms with E-state index in [4.69, 9.17) is 9.47 Å². The zero-order valence-electron chi connectivity index (χ0n) is 24.5. The average Bonchev–Trinajstić information content (AvgIpc) is 2.90. The molecule has 0 aliphatic carbocycles. The Labute approximate surface area is 236 Å². The molecule has 1 unspecified atom stereocenters. The summed E-state index contributed by atoms with van der Waals surface area (Å²) in [6.07, 6.45) is 34.3. The van der Waals surface area contributed by atoms with Crippen molar-refractivity contribution >= 4 is 12.0 Å². The topological polar surface area (TPSA) is 55.8 Å². The smallest absolute Gasteiger partial charge is 0.315 e. The lowest BCUT2D eigenvalue weighted by Crippen LogP contribution is -2.23. The van der Waals surface area contributed by atoms with Crippen LogP contribution >= 0.6 is 0 Å². The molecular formula is C35H48O4. The largest absolute Gasteiger partial charge is 0.493 e. The van der Waals surface area contributed by atoms with E-state index >= 15 is 0 Å². The Bertz CT molecular complexity index is 1030. The van der Waals surface area contributed by atoms with Crippen LogP contribution in [-0.2, 0) is 4.79 Å². The maximum atomic E-state index is 12.3. The van der Waals surface area contributed by atoms with Crippen molar-refractivity contribution in [3.05, 3.63) is 103 Å². The number of benzene rings is 1. The zero-order valence-corrected chi connectivity index (χ0v) is 24.5. The first kappa shape index (κ1) is 33.7. The van der Waals surface area contributed by atoms with Crippen LogP contribution in [0.4, 0.5) is 0 Å². The predicted molar refractivity (Wildman–Crippen MR) is 166 cm³/mol. The van der Waals surface area contributed by atoms with Gasteiger partial charge in [-0.3, -0.25) is 4.79 Å². The number of methoxy groups -OCH3 is 1. The van der Waals surface area contributed by atoms with E-state index in [1.54, 1.807) is 18.2 Å². The number of aliphatic hydroxyl groups excluding tert-OH is 1. The molecule has 1 N–H and O–H groups in total. The highest BCUT2D eigenvalue weighted by Crippen LogP contribution is 2.29. The second-order valence-corrected chi connectivity index (χ2v) is 10.2. The van der Waals surface area contributed by atoms with Crippen molar-refractivity contribution in [2.75, 3.05) is 7.11 Å². The number of carbonyl (C=O) groups is 1. The number of aliphatic hydroxyl groups is 1. The van der Waals surface area contributed by atoms with E-state index in [0.717, 1.165) is 44.1 Å². The molecule has 4 heteroatoms. The SMILES string of the molecule is CC/C=C\C/C=C\C/C=C\C/C=C\C/C=C\C/C=C\CC(=O)Oc1cc(/C=C/C(O)C(C)(C)C)ccc1OC. The van der Waals surface area contributed by atoms with Gasteiger partial charge in [-0.2, -0.15) is 0 Å². The summed E-state index contributed by atoms with van der Waals surface area (Å²) in [5.74, 6) is 0.491. The predicted octanol–water partition coefficient (Wildman–Crippen LogP) is 9.11. The third-order valence-electron chi connectivity index (χ3n) is 5.65. The van der Waals surface area contributed by atoms with Gasteiger partial charge in [0, 0.05) is 0 Å². The van der Waals surface area contributed by atoms with Crippen molar-refractivity contribution < 1.29 is 19.4 Å². The molecule has 0 aliphatic heterocycles. The highest BCUT2D eigenvalue weighted by Gasteiger charge is 2.19. The molecule has 0 amide bonds. The second kappa shape index (κ2) is 20.6. The third kappa shape index (κ3) is 17.0. The second-order valence-electron chi connectivity index (χ2n) is 10.2. The van der Waals surface area contributed by atoms with Crippen molar-refractivity contribution in [2.45, 2.75) is 78.7 Å². The van der Waals surface area contributed by atoms with E-state index in [1.807, 2.05) is 45.1 Å². The first-order chi connectivity index (χ1) is 18.8. The molecule has 0 radical (unpaired) electrons. The van der Waals surface area contributed by atoms with Crippen LogP contribution in [0.2, 0.25) is 0 Å². The van der Waals surface area contributed by atoms with Crippen LogP contribution in [-0.4, -0.2) is 24.3 Å². The van der Waals surface area contributed by atoms with Crippen LogP contribution < -0.4 is 9.47 Å². The molecule has 0 spiro atoms. The molecule has 0 heterocycles. The van der Waals surface area contributed by atoms with E-state index < -0.39 is 6.10 Å². The lowest BCUT2D eigenvalue weighted by molar-refractivity contribution is -0.133. The fourth-order valence-electron chi connectivity index (χ4n) is 3.23. The molecule has 0 fully saturated rings. The fourth-order valence-corrected chi connectivity index (χ4v) is 3.23. The summed E-state index contributed by atoms with van der Waals surface area (Å²) >= 11 is 0. The summed E-state index contributed by atoms with van der Waals surface area (Å²) < 4.78 is 10.9. The molecule has 1 atom stereocenters. The van der Waals surface area contributed by atoms with Crippen molar-refractivity contribution in [2.24, 2.45) is 5.41 Å². The summed E-state index contributed by atoms with van der Waals surface area (Å²) in [5, 5.41) is 10.2. The molecule has 1 rings (SSSR count). The van der Waals surface area contributed by atoms with Gasteiger partial charge in [0.15, 0.2) is 11.5 Å². The van der Waals surface area contributed by atoms with Gasteiger partial charge in [0.1, 0.15) is 0 Å². The fraction of sp³-hybridized carbons (Fsp3) is 0.400. The van der Waals surface area contributed by atoms with Gasteiger partial charge < -0.3 is 14.6 Å². The highest BCUT2D eigenvalue weighted by atomic mass is 16.6. The lowest BCUT2D eigenvalue weighted by Gasteiger charge is -2.22. The Balaban J connectivity index is 2.35. The maximum absolute atomic E-state index is 12.3. The Morgan fingerprint density at radius 1 is 0.795 bits per heavy atom. The maximum Gasteiger partial charge on any atom is 0.315 e. The normalized spacial score (nSPS) is 13.9. The van der Waals surface area contributed by atoms with E-state index in [1.165, 1.54) is 7.11 Å². The molecule has 1 aromatic rings. The van der Waals surface area contributed by atoms with E-state index in [9.17, 15) is 9.90 Å². The number of rotatable bonds is 17. The van der Waals surface area contributed by atoms with Gasteiger partial charge in [-0.1, -0.05) is 119 Å². The molecule has 39 heavy (non-hydrogen) atoms. The number of esters is 1. The molecule has 0 saturated carbocycles. The van der Waals surface area contributed by atoms with E-state index in [0.29, 0.717) is 11.5 Å². The van der Waals surface area contributed by atoms with Crippen LogP contribution in [0.1, 0.15) is 78.2 Å². The third-order valence-corrected chi connectivity index (χ3v) is 5.65. The minimum Gasteiger partial charge on any atom is -0.493 e. The van der Waals surface area contributed by atoms with Gasteiger partial charge in [-0.05, 0) is 61.6 Å². The monoisotopic (exact) mass is 532 g/mol. The Hall–Kier alpha value is -3.37. The van der Waals surface area contributed by atoms with Crippen LogP contribution in [0, 0.1) is 5.41 Å². The quantitative estimate of drug-likeness (QED) is 0.123. The first-order valence-corrected chi connectivity index (χ1v) is 13.9. The molecule has 0 aromatic heterocycles. The van der Waals surface area contributed by atoms with Crippen LogP contribution in [0.15, 0.2) is 97.2 Å². The molecule has 0 bridgehead atoms. The van der Waals surface area contributed by atoms with E-state index in [-0.39, 0.29) is 17.8 Å². The van der Waals surface area contributed by atoms with Crippen molar-refractivity contribution in [3.63, 3.8) is 0 Å². The Kier molecular flexibility index (Phi) is 17.8. The van der Waals surface area contributed by atoms with Gasteiger partial charge in [0.05, 0.1) is 19.6 Å². The lowest BCUT2D eigenvalue weighted by atomic mass is 9.89. The van der Waals surface area contributed by atoms with Crippen molar-refractivity contribution in [1.29, 1.82) is 0 Å². The van der Waals surface area contributed by atoms with Gasteiger partial charge in [0.2, 0.25) is 0 Å². The summed E-state index contributed by atoms with van der Waals surface area (Å²) in [7, 11) is 1.54. The van der Waals surface area contributed by atoms with Gasteiger partial charge in [0.25, 0.3) is 0 Å². The molecule has 0 saturated heterocycles. The number of carbonyl (C=O) groups excluding carboxylic acids is 1. The minimum atomic E-state index is -0.585. The number of allylic oxidation sites excluding steroid dienone is 11. The van der Waals surface area contributed by atoms with Crippen LogP contribution in [0.25, 0.3) is 6.08 Å². The van der Waals surface area contributed by atoms with Crippen LogP contribution in [0.5, 0.6) is 11.5 Å². The molecule has 4 nitrogen and oxygen atoms in total. The zero-order chi connectivity index (χ0) is 28.8. The van der Waals surface area contributed by atoms with E-state index in [2.05, 4.69) is 67.7 Å². The number of hydrogen-bond donors (Lipinski definition) is 1. The first-order valence-electron chi connectivity index (χ1n) is 13.9. The molecule has 212 valence electrons. The van der Waals surface area contributed by atoms with Gasteiger partial charge in [-0.15, -0.1) is 0 Å². The Morgan fingerprint density at radius 2 is 1.28 bits per heavy atom. The van der Waals surface area contributed by atoms with Gasteiger partial charge >= 0.3 is 5.97 Å². The summed E-state index contributed by atoms with van der Waals surface area (Å²) in [6.45, 7) is 8.06. The van der Waals surface area contributed by atoms with Crippen molar-refractivity contribution in [1.82, 2.24) is 0 Å². The number of hydrogen-bond acceptors (Lipinski definition) is 4. The summed E-state index contributed by atoms with van der Waals surface area (Å²) in [5.41, 5.74) is 0.563. The molecular weight excluding hydrogens is 484 g/mol. The standard InChI is InChI=1S/C35H48O4/c1-6-7-8-9-10-11-12-13-14-15-16-17-18-19-20-21-22-23-24-34(37)39-32-29-30(25-27-31(32)38-5)26-28-33(36)35(2,3)4/h7-8,10-11,13-14,16-17,19-20,22-23,25-29,33,36H,6,9,12,15,18,21,24H2,1-5H3/b8-7-,11-10-,14-13-,17-16-,20-19-,23-22-,28-26+. The summed E-state index contributed by atoms with van der Waals surface area (Å²) in [6, 6.07) is 5.35. The summed E-state index contributed by atoms with van der Waals surface area (Å²) in [4.78, 5) is 12.3. The van der Waals surface area contributed by atoms with Crippen LogP contribution in [0.3, 0.4) is 0 Å². The average molecular weight is 533 g/mol.